The van der Waals surface area contributed by atoms with E-state index in [9.17, 15) is 19.3 Å². The number of nitro groups is 1. The summed E-state index contributed by atoms with van der Waals surface area (Å²) >= 11 is 0. The standard InChI is InChI=1S/C8H7FN2O3/c1-10-8(12)6-3-2-5(9)4-7(6)11(13)14/h2-4H,1H3,(H,10,12). The molecule has 14 heavy (non-hydrogen) atoms. The number of carbonyl (C=O) groups is 1. The highest BCUT2D eigenvalue weighted by Gasteiger charge is 2.19. The second-order valence-electron chi connectivity index (χ2n) is 2.50. The molecule has 5 nitrogen and oxygen atoms in total. The summed E-state index contributed by atoms with van der Waals surface area (Å²) in [7, 11) is 1.34. The number of hydrogen-bond donors (Lipinski definition) is 1. The maximum atomic E-state index is 12.6. The van der Waals surface area contributed by atoms with E-state index in [1.54, 1.807) is 0 Å². The van der Waals surface area contributed by atoms with Crippen molar-refractivity contribution in [2.75, 3.05) is 7.05 Å². The van der Waals surface area contributed by atoms with Crippen molar-refractivity contribution in [1.29, 1.82) is 0 Å². The van der Waals surface area contributed by atoms with Gasteiger partial charge in [-0.3, -0.25) is 14.9 Å². The second-order valence-corrected chi connectivity index (χ2v) is 2.50. The smallest absolute Gasteiger partial charge is 0.285 e. The Labute approximate surface area is 78.7 Å². The summed E-state index contributed by atoms with van der Waals surface area (Å²) in [5, 5.41) is 12.7. The third-order valence-corrected chi connectivity index (χ3v) is 1.63. The highest BCUT2D eigenvalue weighted by atomic mass is 19.1. The van der Waals surface area contributed by atoms with Crippen molar-refractivity contribution in [3.05, 3.63) is 39.7 Å². The molecule has 0 heterocycles. The van der Waals surface area contributed by atoms with Crippen LogP contribution < -0.4 is 5.32 Å². The van der Waals surface area contributed by atoms with E-state index < -0.39 is 22.3 Å². The molecule has 0 radical (unpaired) electrons. The van der Waals surface area contributed by atoms with Gasteiger partial charge in [-0.1, -0.05) is 0 Å². The predicted molar refractivity (Wildman–Crippen MR) is 46.4 cm³/mol. The van der Waals surface area contributed by atoms with E-state index >= 15 is 0 Å². The topological polar surface area (TPSA) is 72.2 Å². The average Bonchev–Trinajstić information content (AvgIpc) is 2.16. The van der Waals surface area contributed by atoms with Crippen molar-refractivity contribution in [2.24, 2.45) is 0 Å². The molecule has 0 bridgehead atoms. The Hall–Kier alpha value is -1.98. The van der Waals surface area contributed by atoms with E-state index in [4.69, 9.17) is 0 Å². The first-order chi connectivity index (χ1) is 6.56. The minimum absolute atomic E-state index is 0.154. The van der Waals surface area contributed by atoms with Crippen molar-refractivity contribution >= 4 is 11.6 Å². The third kappa shape index (κ3) is 1.85. The summed E-state index contributed by atoms with van der Waals surface area (Å²) in [4.78, 5) is 20.8. The largest absolute Gasteiger partial charge is 0.355 e. The van der Waals surface area contributed by atoms with Gasteiger partial charge in [0.25, 0.3) is 11.6 Å². The third-order valence-electron chi connectivity index (χ3n) is 1.63. The Morgan fingerprint density at radius 3 is 2.71 bits per heavy atom. The van der Waals surface area contributed by atoms with Gasteiger partial charge in [-0.25, -0.2) is 4.39 Å². The quantitative estimate of drug-likeness (QED) is 0.571. The van der Waals surface area contributed by atoms with Gasteiger partial charge in [-0.2, -0.15) is 0 Å². The Morgan fingerprint density at radius 2 is 2.21 bits per heavy atom. The van der Waals surface area contributed by atoms with Crippen molar-refractivity contribution in [1.82, 2.24) is 5.32 Å². The number of carbonyl (C=O) groups excluding carboxylic acids is 1. The molecule has 0 aromatic heterocycles. The van der Waals surface area contributed by atoms with Gasteiger partial charge < -0.3 is 5.32 Å². The van der Waals surface area contributed by atoms with Crippen LogP contribution in [0.4, 0.5) is 10.1 Å². The Kier molecular flexibility index (Phi) is 2.76. The molecule has 0 aliphatic rings. The van der Waals surface area contributed by atoms with Crippen LogP contribution in [0, 0.1) is 15.9 Å². The SMILES string of the molecule is CNC(=O)c1ccc(F)cc1[N+](=O)[O-]. The monoisotopic (exact) mass is 198 g/mol. The van der Waals surface area contributed by atoms with Crippen molar-refractivity contribution in [3.8, 4) is 0 Å². The lowest BCUT2D eigenvalue weighted by Crippen LogP contribution is -2.19. The molecule has 1 N–H and O–H groups in total. The molecule has 1 aromatic rings. The zero-order valence-corrected chi connectivity index (χ0v) is 7.28. The number of rotatable bonds is 2. The summed E-state index contributed by atoms with van der Waals surface area (Å²) in [6, 6.07) is 2.79. The van der Waals surface area contributed by atoms with Crippen molar-refractivity contribution in [2.45, 2.75) is 0 Å². The zero-order chi connectivity index (χ0) is 10.7. The molecule has 1 rings (SSSR count). The van der Waals surface area contributed by atoms with E-state index in [-0.39, 0.29) is 5.56 Å². The van der Waals surface area contributed by atoms with Crippen LogP contribution in [0.3, 0.4) is 0 Å². The predicted octanol–water partition coefficient (Wildman–Crippen LogP) is 1.09. The van der Waals surface area contributed by atoms with E-state index in [1.807, 2.05) is 0 Å². The first kappa shape index (κ1) is 10.1. The summed E-state index contributed by atoms with van der Waals surface area (Å²) < 4.78 is 12.6. The van der Waals surface area contributed by atoms with Gasteiger partial charge in [0.2, 0.25) is 0 Å². The number of amides is 1. The fourth-order valence-electron chi connectivity index (χ4n) is 0.983. The van der Waals surface area contributed by atoms with Crippen molar-refractivity contribution < 1.29 is 14.1 Å². The molecule has 0 spiro atoms. The molecule has 0 unspecified atom stereocenters. The lowest BCUT2D eigenvalue weighted by atomic mass is 10.1. The first-order valence-electron chi connectivity index (χ1n) is 3.72. The highest BCUT2D eigenvalue weighted by molar-refractivity contribution is 5.97. The average molecular weight is 198 g/mol. The van der Waals surface area contributed by atoms with Crippen LogP contribution in [0.1, 0.15) is 10.4 Å². The van der Waals surface area contributed by atoms with E-state index in [0.717, 1.165) is 12.1 Å². The molecule has 0 aliphatic carbocycles. The fraction of sp³-hybridized carbons (Fsp3) is 0.125. The van der Waals surface area contributed by atoms with Crippen LogP contribution in [0.5, 0.6) is 0 Å². The molecule has 0 atom stereocenters. The van der Waals surface area contributed by atoms with E-state index in [2.05, 4.69) is 5.32 Å². The molecule has 0 saturated heterocycles. The van der Waals surface area contributed by atoms with Gasteiger partial charge >= 0.3 is 0 Å². The Bertz CT molecular complexity index is 392. The van der Waals surface area contributed by atoms with Gasteiger partial charge in [0.15, 0.2) is 0 Å². The first-order valence-corrected chi connectivity index (χ1v) is 3.72. The van der Waals surface area contributed by atoms with Gasteiger partial charge in [0, 0.05) is 7.05 Å². The number of nitro benzene ring substituents is 1. The molecule has 74 valence electrons. The van der Waals surface area contributed by atoms with Crippen LogP contribution in [0.2, 0.25) is 0 Å². The van der Waals surface area contributed by atoms with Crippen molar-refractivity contribution in [3.63, 3.8) is 0 Å². The van der Waals surface area contributed by atoms with Crippen LogP contribution in [-0.4, -0.2) is 17.9 Å². The maximum Gasteiger partial charge on any atom is 0.285 e. The number of halogens is 1. The van der Waals surface area contributed by atoms with Gasteiger partial charge in [-0.15, -0.1) is 0 Å². The molecule has 0 aliphatic heterocycles. The molecule has 0 fully saturated rings. The number of nitrogens with one attached hydrogen (secondary N) is 1. The molecule has 6 heteroatoms. The molecular formula is C8H7FN2O3. The van der Waals surface area contributed by atoms with Gasteiger partial charge in [0.05, 0.1) is 11.0 Å². The van der Waals surface area contributed by atoms with Gasteiger partial charge in [-0.05, 0) is 12.1 Å². The zero-order valence-electron chi connectivity index (χ0n) is 7.28. The Balaban J connectivity index is 3.28. The van der Waals surface area contributed by atoms with E-state index in [1.165, 1.54) is 7.05 Å². The lowest BCUT2D eigenvalue weighted by Gasteiger charge is -2.00. The highest BCUT2D eigenvalue weighted by Crippen LogP contribution is 2.19. The van der Waals surface area contributed by atoms with Crippen LogP contribution in [-0.2, 0) is 0 Å². The number of nitrogens with zero attached hydrogens (tertiary/aromatic N) is 1. The number of hydrogen-bond acceptors (Lipinski definition) is 3. The number of benzene rings is 1. The summed E-state index contributed by atoms with van der Waals surface area (Å²) in [6.45, 7) is 0. The summed E-state index contributed by atoms with van der Waals surface area (Å²) in [6.07, 6.45) is 0. The molecule has 0 saturated carbocycles. The second kappa shape index (κ2) is 3.82. The maximum absolute atomic E-state index is 12.6. The van der Waals surface area contributed by atoms with E-state index in [0.29, 0.717) is 6.07 Å². The van der Waals surface area contributed by atoms with Crippen LogP contribution in [0.15, 0.2) is 18.2 Å². The van der Waals surface area contributed by atoms with Gasteiger partial charge in [0.1, 0.15) is 11.4 Å². The molecule has 1 amide bonds. The Morgan fingerprint density at radius 1 is 1.57 bits per heavy atom. The van der Waals surface area contributed by atoms with Crippen LogP contribution >= 0.6 is 0 Å². The normalized spacial score (nSPS) is 9.57. The molecule has 1 aromatic carbocycles. The minimum Gasteiger partial charge on any atom is -0.355 e. The summed E-state index contributed by atoms with van der Waals surface area (Å²) in [5.74, 6) is -1.36. The van der Waals surface area contributed by atoms with Crippen LogP contribution in [0.25, 0.3) is 0 Å². The lowest BCUT2D eigenvalue weighted by molar-refractivity contribution is -0.385. The molecular weight excluding hydrogens is 191 g/mol. The fourth-order valence-corrected chi connectivity index (χ4v) is 0.983. The minimum atomic E-state index is -0.798. The summed E-state index contributed by atoms with van der Waals surface area (Å²) in [5.41, 5.74) is -0.691.